The van der Waals surface area contributed by atoms with Gasteiger partial charge in [0.1, 0.15) is 12.4 Å². The van der Waals surface area contributed by atoms with Gasteiger partial charge in [-0.3, -0.25) is 15.1 Å². The summed E-state index contributed by atoms with van der Waals surface area (Å²) in [6.45, 7) is 2.50. The Hall–Kier alpha value is -4.71. The van der Waals surface area contributed by atoms with Gasteiger partial charge in [0, 0.05) is 30.0 Å². The molecule has 194 valence electrons. The zero-order chi connectivity index (χ0) is 26.8. The number of ether oxygens (including phenoxy) is 1. The van der Waals surface area contributed by atoms with Crippen molar-refractivity contribution in [2.24, 2.45) is 10.9 Å². The van der Waals surface area contributed by atoms with Gasteiger partial charge in [-0.15, -0.1) is 0 Å². The van der Waals surface area contributed by atoms with Gasteiger partial charge in [0.15, 0.2) is 0 Å². The molecule has 4 aromatic carbocycles. The number of allylic oxidation sites excluding steroid dienone is 2. The van der Waals surface area contributed by atoms with E-state index in [1.54, 1.807) is 12.1 Å². The van der Waals surface area contributed by atoms with Gasteiger partial charge >= 0.3 is 0 Å². The number of benzene rings is 4. The molecule has 0 aromatic heterocycles. The van der Waals surface area contributed by atoms with E-state index in [-0.39, 0.29) is 11.7 Å². The van der Waals surface area contributed by atoms with E-state index in [0.717, 1.165) is 29.0 Å². The number of hydrogen-bond donors (Lipinski definition) is 1. The topological polar surface area (TPSA) is 76.8 Å². The fourth-order valence-corrected chi connectivity index (χ4v) is 5.49. The zero-order valence-electron chi connectivity index (χ0n) is 21.7. The molecule has 6 heteroatoms. The van der Waals surface area contributed by atoms with E-state index >= 15 is 0 Å². The smallest absolute Gasteiger partial charge is 0.269 e. The fourth-order valence-electron chi connectivity index (χ4n) is 5.49. The summed E-state index contributed by atoms with van der Waals surface area (Å²) in [6.07, 6.45) is 7.64. The van der Waals surface area contributed by atoms with Gasteiger partial charge in [-0.2, -0.15) is 0 Å². The van der Waals surface area contributed by atoms with Gasteiger partial charge in [0.25, 0.3) is 5.69 Å². The third kappa shape index (κ3) is 5.32. The SMILES string of the molecule is Cc1ccc2c(c1)[C@@H]1C=CC[C@H]1[C@H](c1ccc(N=Cc3ccc(OCc4ccc([N+](=O)[O-])cc4)cc3)cc1)N2. The zero-order valence-corrected chi connectivity index (χ0v) is 21.7. The second kappa shape index (κ2) is 10.6. The Balaban J connectivity index is 1.08. The number of aryl methyl sites for hydroxylation is 1. The maximum atomic E-state index is 10.8. The van der Waals surface area contributed by atoms with Crippen LogP contribution in [0.1, 0.15) is 46.2 Å². The molecule has 0 unspecified atom stereocenters. The van der Waals surface area contributed by atoms with Crippen LogP contribution in [0.3, 0.4) is 0 Å². The van der Waals surface area contributed by atoms with Gasteiger partial charge in [-0.05, 0) is 96.1 Å². The first-order valence-electron chi connectivity index (χ1n) is 13.2. The molecule has 6 rings (SSSR count). The Bertz CT molecular complexity index is 1540. The average molecular weight is 516 g/mol. The minimum Gasteiger partial charge on any atom is -0.489 e. The summed E-state index contributed by atoms with van der Waals surface area (Å²) in [7, 11) is 0. The van der Waals surface area contributed by atoms with Crippen LogP contribution < -0.4 is 10.1 Å². The maximum absolute atomic E-state index is 10.8. The summed E-state index contributed by atoms with van der Waals surface area (Å²) in [5, 5.41) is 14.6. The maximum Gasteiger partial charge on any atom is 0.269 e. The van der Waals surface area contributed by atoms with E-state index in [1.165, 1.54) is 34.5 Å². The van der Waals surface area contributed by atoms with E-state index in [0.29, 0.717) is 18.4 Å². The Kier molecular flexibility index (Phi) is 6.68. The molecule has 1 aliphatic carbocycles. The lowest BCUT2D eigenvalue weighted by atomic mass is 9.76. The Morgan fingerprint density at radius 2 is 1.77 bits per heavy atom. The van der Waals surface area contributed by atoms with Crippen LogP contribution >= 0.6 is 0 Å². The first-order valence-corrected chi connectivity index (χ1v) is 13.2. The number of non-ortho nitro benzene ring substituents is 1. The second-order valence-corrected chi connectivity index (χ2v) is 10.2. The predicted octanol–water partition coefficient (Wildman–Crippen LogP) is 8.06. The number of anilines is 1. The van der Waals surface area contributed by atoms with Gasteiger partial charge in [-0.1, -0.05) is 42.0 Å². The summed E-state index contributed by atoms with van der Waals surface area (Å²) in [5.74, 6) is 1.71. The van der Waals surface area contributed by atoms with Crippen LogP contribution in [0.15, 0.2) is 108 Å². The lowest BCUT2D eigenvalue weighted by Crippen LogP contribution is -2.29. The fraction of sp³-hybridized carbons (Fsp3) is 0.182. The molecule has 39 heavy (non-hydrogen) atoms. The van der Waals surface area contributed by atoms with Gasteiger partial charge < -0.3 is 10.1 Å². The molecule has 0 amide bonds. The molecule has 1 N–H and O–H groups in total. The van der Waals surface area contributed by atoms with Crippen molar-refractivity contribution in [3.8, 4) is 5.75 Å². The van der Waals surface area contributed by atoms with Crippen LogP contribution in [-0.4, -0.2) is 11.1 Å². The molecular weight excluding hydrogens is 486 g/mol. The van der Waals surface area contributed by atoms with Gasteiger partial charge in [0.05, 0.1) is 16.7 Å². The normalized spacial score (nSPS) is 19.4. The van der Waals surface area contributed by atoms with Crippen molar-refractivity contribution in [3.05, 3.63) is 141 Å². The predicted molar refractivity (Wildman–Crippen MR) is 155 cm³/mol. The summed E-state index contributed by atoms with van der Waals surface area (Å²) in [5.41, 5.74) is 8.07. The highest BCUT2D eigenvalue weighted by atomic mass is 16.6. The summed E-state index contributed by atoms with van der Waals surface area (Å²) < 4.78 is 5.81. The number of nitro benzene ring substituents is 1. The van der Waals surface area contributed by atoms with Crippen molar-refractivity contribution in [1.82, 2.24) is 0 Å². The Morgan fingerprint density at radius 3 is 2.51 bits per heavy atom. The van der Waals surface area contributed by atoms with Gasteiger partial charge in [0.2, 0.25) is 0 Å². The Labute approximate surface area is 227 Å². The van der Waals surface area contributed by atoms with Crippen molar-refractivity contribution in [1.29, 1.82) is 0 Å². The minimum atomic E-state index is -0.408. The minimum absolute atomic E-state index is 0.0725. The molecule has 1 aliphatic heterocycles. The van der Waals surface area contributed by atoms with Crippen LogP contribution in [0.25, 0.3) is 0 Å². The number of fused-ring (bicyclic) bond motifs is 3. The molecule has 3 atom stereocenters. The van der Waals surface area contributed by atoms with E-state index in [1.807, 2.05) is 30.5 Å². The molecular formula is C33H29N3O3. The largest absolute Gasteiger partial charge is 0.489 e. The number of aliphatic imine (C=N–C) groups is 1. The standard InChI is InChI=1S/C33H29N3O3/c1-22-5-18-32-31(19-22)29-3-2-4-30(29)33(35-32)25-10-12-26(13-11-25)34-20-23-8-16-28(17-9-23)39-21-24-6-14-27(15-7-24)36(37)38/h2-3,5-20,29-30,33,35H,4,21H2,1H3/t29-,30-,33+/m1/s1. The van der Waals surface area contributed by atoms with Crippen LogP contribution in [0.4, 0.5) is 17.1 Å². The highest BCUT2D eigenvalue weighted by molar-refractivity contribution is 5.82. The van der Waals surface area contributed by atoms with Crippen LogP contribution in [0.5, 0.6) is 5.75 Å². The molecule has 0 saturated heterocycles. The third-order valence-electron chi connectivity index (χ3n) is 7.57. The van der Waals surface area contributed by atoms with Crippen LogP contribution in [-0.2, 0) is 6.61 Å². The van der Waals surface area contributed by atoms with Gasteiger partial charge in [-0.25, -0.2) is 0 Å². The molecule has 0 fully saturated rings. The summed E-state index contributed by atoms with van der Waals surface area (Å²) in [4.78, 5) is 15.0. The lowest BCUT2D eigenvalue weighted by molar-refractivity contribution is -0.384. The number of nitrogens with zero attached hydrogens (tertiary/aromatic N) is 2. The third-order valence-corrected chi connectivity index (χ3v) is 7.57. The molecule has 0 bridgehead atoms. The highest BCUT2D eigenvalue weighted by Gasteiger charge is 2.37. The Morgan fingerprint density at radius 1 is 1.00 bits per heavy atom. The van der Waals surface area contributed by atoms with E-state index in [2.05, 4.69) is 71.8 Å². The van der Waals surface area contributed by atoms with Crippen molar-refractivity contribution >= 4 is 23.3 Å². The number of nitro groups is 1. The first kappa shape index (κ1) is 24.6. The van der Waals surface area contributed by atoms with Crippen LogP contribution in [0, 0.1) is 23.0 Å². The molecule has 6 nitrogen and oxygen atoms in total. The second-order valence-electron chi connectivity index (χ2n) is 10.2. The number of nitrogens with one attached hydrogen (secondary N) is 1. The quantitative estimate of drug-likeness (QED) is 0.117. The van der Waals surface area contributed by atoms with Crippen molar-refractivity contribution in [2.75, 3.05) is 5.32 Å². The average Bonchev–Trinajstić information content (AvgIpc) is 3.46. The van der Waals surface area contributed by atoms with Crippen molar-refractivity contribution in [2.45, 2.75) is 31.9 Å². The van der Waals surface area contributed by atoms with Crippen LogP contribution in [0.2, 0.25) is 0 Å². The number of rotatable bonds is 7. The molecule has 0 spiro atoms. The molecule has 2 aliphatic rings. The van der Waals surface area contributed by atoms with E-state index < -0.39 is 4.92 Å². The van der Waals surface area contributed by atoms with E-state index in [4.69, 9.17) is 4.74 Å². The summed E-state index contributed by atoms with van der Waals surface area (Å²) >= 11 is 0. The summed E-state index contributed by atoms with van der Waals surface area (Å²) in [6, 6.07) is 29.6. The molecule has 0 radical (unpaired) electrons. The first-order chi connectivity index (χ1) is 19.0. The molecule has 0 saturated carbocycles. The van der Waals surface area contributed by atoms with Crippen molar-refractivity contribution in [3.63, 3.8) is 0 Å². The molecule has 4 aromatic rings. The number of hydrogen-bond acceptors (Lipinski definition) is 5. The monoisotopic (exact) mass is 515 g/mol. The lowest BCUT2D eigenvalue weighted by Gasteiger charge is -2.37. The molecule has 1 heterocycles. The highest BCUT2D eigenvalue weighted by Crippen LogP contribution is 2.50. The van der Waals surface area contributed by atoms with E-state index in [9.17, 15) is 10.1 Å². The van der Waals surface area contributed by atoms with Crippen molar-refractivity contribution < 1.29 is 9.66 Å².